The van der Waals surface area contributed by atoms with Crippen molar-refractivity contribution in [2.24, 2.45) is 11.8 Å². The third-order valence-electron chi connectivity index (χ3n) is 3.40. The summed E-state index contributed by atoms with van der Waals surface area (Å²) in [5.41, 5.74) is 0. The molecule has 19 heavy (non-hydrogen) atoms. The number of amides is 1. The zero-order valence-corrected chi connectivity index (χ0v) is 12.2. The van der Waals surface area contributed by atoms with E-state index in [0.717, 1.165) is 25.9 Å². The Morgan fingerprint density at radius 2 is 2.16 bits per heavy atom. The van der Waals surface area contributed by atoms with Crippen LogP contribution in [0.4, 0.5) is 0 Å². The molecular formula is C14H26N2O3. The Bertz CT molecular complexity index is 299. The highest BCUT2D eigenvalue weighted by molar-refractivity contribution is 5.84. The Balaban J connectivity index is 2.43. The normalized spacial score (nSPS) is 20.9. The number of esters is 1. The number of piperidine rings is 1. The third-order valence-corrected chi connectivity index (χ3v) is 3.40. The molecule has 1 aliphatic heterocycles. The van der Waals surface area contributed by atoms with Crippen molar-refractivity contribution in [3.63, 3.8) is 0 Å². The van der Waals surface area contributed by atoms with E-state index in [1.165, 1.54) is 7.11 Å². The van der Waals surface area contributed by atoms with Gasteiger partial charge in [0.05, 0.1) is 7.11 Å². The molecule has 5 nitrogen and oxygen atoms in total. The third kappa shape index (κ3) is 6.05. The zero-order chi connectivity index (χ0) is 14.3. The summed E-state index contributed by atoms with van der Waals surface area (Å²) in [6.07, 6.45) is 3.29. The average Bonchev–Trinajstić information content (AvgIpc) is 2.37. The Hall–Kier alpha value is -1.10. The molecule has 1 amide bonds. The van der Waals surface area contributed by atoms with Crippen molar-refractivity contribution in [3.8, 4) is 0 Å². The second-order valence-corrected chi connectivity index (χ2v) is 5.69. The van der Waals surface area contributed by atoms with Gasteiger partial charge in [0, 0.05) is 6.42 Å². The van der Waals surface area contributed by atoms with Crippen LogP contribution >= 0.6 is 0 Å². The molecule has 0 saturated carbocycles. The van der Waals surface area contributed by atoms with E-state index in [2.05, 4.69) is 10.6 Å². The van der Waals surface area contributed by atoms with Gasteiger partial charge in [0.25, 0.3) is 0 Å². The van der Waals surface area contributed by atoms with Gasteiger partial charge in [0.2, 0.25) is 5.91 Å². The minimum Gasteiger partial charge on any atom is -0.467 e. The van der Waals surface area contributed by atoms with Crippen molar-refractivity contribution >= 4 is 11.9 Å². The van der Waals surface area contributed by atoms with Gasteiger partial charge in [-0.2, -0.15) is 0 Å². The zero-order valence-electron chi connectivity index (χ0n) is 12.2. The van der Waals surface area contributed by atoms with Gasteiger partial charge in [-0.1, -0.05) is 13.8 Å². The average molecular weight is 270 g/mol. The van der Waals surface area contributed by atoms with Gasteiger partial charge in [-0.05, 0) is 44.2 Å². The molecule has 0 bridgehead atoms. The van der Waals surface area contributed by atoms with E-state index in [4.69, 9.17) is 4.74 Å². The van der Waals surface area contributed by atoms with E-state index in [-0.39, 0.29) is 11.9 Å². The number of nitrogens with one attached hydrogen (secondary N) is 2. The maximum absolute atomic E-state index is 12.0. The van der Waals surface area contributed by atoms with E-state index >= 15 is 0 Å². The monoisotopic (exact) mass is 270 g/mol. The molecule has 0 radical (unpaired) electrons. The van der Waals surface area contributed by atoms with Crippen LogP contribution in [0, 0.1) is 11.8 Å². The van der Waals surface area contributed by atoms with Gasteiger partial charge in [-0.3, -0.25) is 4.79 Å². The molecule has 0 aromatic rings. The lowest BCUT2D eigenvalue weighted by atomic mass is 9.95. The summed E-state index contributed by atoms with van der Waals surface area (Å²) in [6.45, 7) is 5.97. The van der Waals surface area contributed by atoms with Crippen LogP contribution in [-0.2, 0) is 14.3 Å². The lowest BCUT2D eigenvalue weighted by Crippen LogP contribution is -2.43. The predicted octanol–water partition coefficient (Wildman–Crippen LogP) is 1.08. The Kier molecular flexibility index (Phi) is 6.84. The molecule has 1 heterocycles. The first-order valence-electron chi connectivity index (χ1n) is 7.10. The smallest absolute Gasteiger partial charge is 0.328 e. The quantitative estimate of drug-likeness (QED) is 0.709. The van der Waals surface area contributed by atoms with Crippen LogP contribution in [-0.4, -0.2) is 38.1 Å². The highest BCUT2D eigenvalue weighted by Crippen LogP contribution is 2.14. The molecule has 0 spiro atoms. The first-order chi connectivity index (χ1) is 9.02. The Morgan fingerprint density at radius 3 is 2.68 bits per heavy atom. The Morgan fingerprint density at radius 1 is 1.42 bits per heavy atom. The second kappa shape index (κ2) is 8.15. The number of hydrogen-bond donors (Lipinski definition) is 2. The lowest BCUT2D eigenvalue weighted by Gasteiger charge is -2.24. The molecular weight excluding hydrogens is 244 g/mol. The van der Waals surface area contributed by atoms with Gasteiger partial charge in [-0.25, -0.2) is 4.79 Å². The van der Waals surface area contributed by atoms with Gasteiger partial charge >= 0.3 is 5.97 Å². The first-order valence-corrected chi connectivity index (χ1v) is 7.10. The van der Waals surface area contributed by atoms with Crippen LogP contribution in [0.1, 0.15) is 39.5 Å². The van der Waals surface area contributed by atoms with Crippen LogP contribution in [0.5, 0.6) is 0 Å². The fourth-order valence-corrected chi connectivity index (χ4v) is 2.44. The highest BCUT2D eigenvalue weighted by atomic mass is 16.5. The molecule has 1 rings (SSSR count). The fraction of sp³-hybridized carbons (Fsp3) is 0.857. The van der Waals surface area contributed by atoms with E-state index in [1.54, 1.807) is 0 Å². The van der Waals surface area contributed by atoms with E-state index in [0.29, 0.717) is 24.7 Å². The van der Waals surface area contributed by atoms with Gasteiger partial charge < -0.3 is 15.4 Å². The van der Waals surface area contributed by atoms with E-state index < -0.39 is 6.04 Å². The molecule has 0 aliphatic carbocycles. The summed E-state index contributed by atoms with van der Waals surface area (Å²) >= 11 is 0. The molecule has 0 aromatic heterocycles. The second-order valence-electron chi connectivity index (χ2n) is 5.69. The molecule has 1 saturated heterocycles. The summed E-state index contributed by atoms with van der Waals surface area (Å²) in [4.78, 5) is 23.6. The molecule has 1 aliphatic rings. The maximum Gasteiger partial charge on any atom is 0.328 e. The Labute approximate surface area is 115 Å². The van der Waals surface area contributed by atoms with Crippen LogP contribution in [0.15, 0.2) is 0 Å². The fourth-order valence-electron chi connectivity index (χ4n) is 2.44. The number of methoxy groups -OCH3 is 1. The molecule has 1 unspecified atom stereocenters. The predicted molar refractivity (Wildman–Crippen MR) is 73.6 cm³/mol. The van der Waals surface area contributed by atoms with Crippen LogP contribution in [0.3, 0.4) is 0 Å². The number of carbonyl (C=O) groups excluding carboxylic acids is 2. The van der Waals surface area contributed by atoms with Gasteiger partial charge in [0.1, 0.15) is 6.04 Å². The number of hydrogen-bond acceptors (Lipinski definition) is 4. The molecule has 1 fully saturated rings. The first kappa shape index (κ1) is 16.0. The van der Waals surface area contributed by atoms with Crippen molar-refractivity contribution in [2.45, 2.75) is 45.6 Å². The summed E-state index contributed by atoms with van der Waals surface area (Å²) in [7, 11) is 1.35. The maximum atomic E-state index is 12.0. The summed E-state index contributed by atoms with van der Waals surface area (Å²) in [5.74, 6) is 0.306. The minimum absolute atomic E-state index is 0.0512. The number of ether oxygens (including phenoxy) is 1. The van der Waals surface area contributed by atoms with E-state index in [1.807, 2.05) is 13.8 Å². The summed E-state index contributed by atoms with van der Waals surface area (Å²) < 4.78 is 4.74. The van der Waals surface area contributed by atoms with Crippen molar-refractivity contribution in [1.29, 1.82) is 0 Å². The lowest BCUT2D eigenvalue weighted by molar-refractivity contribution is -0.145. The molecule has 110 valence electrons. The number of rotatable bonds is 6. The minimum atomic E-state index is -0.519. The van der Waals surface area contributed by atoms with Gasteiger partial charge in [0.15, 0.2) is 0 Å². The van der Waals surface area contributed by atoms with Crippen molar-refractivity contribution in [1.82, 2.24) is 10.6 Å². The SMILES string of the molecule is COC(=O)[C@H](CC(C)C)NC(=O)CC1CCCNC1. The molecule has 0 aromatic carbocycles. The van der Waals surface area contributed by atoms with Crippen LogP contribution in [0.2, 0.25) is 0 Å². The number of carbonyl (C=O) groups is 2. The summed E-state index contributed by atoms with van der Waals surface area (Å²) in [6, 6.07) is -0.519. The topological polar surface area (TPSA) is 67.4 Å². The largest absolute Gasteiger partial charge is 0.467 e. The van der Waals surface area contributed by atoms with E-state index in [9.17, 15) is 9.59 Å². The summed E-state index contributed by atoms with van der Waals surface area (Å²) in [5, 5.41) is 6.09. The molecule has 2 N–H and O–H groups in total. The van der Waals surface area contributed by atoms with Gasteiger partial charge in [-0.15, -0.1) is 0 Å². The molecule has 2 atom stereocenters. The highest BCUT2D eigenvalue weighted by Gasteiger charge is 2.24. The molecule has 5 heteroatoms. The van der Waals surface area contributed by atoms with Crippen molar-refractivity contribution in [2.75, 3.05) is 20.2 Å². The standard InChI is InChI=1S/C14H26N2O3/c1-10(2)7-12(14(18)19-3)16-13(17)8-11-5-4-6-15-9-11/h10-12,15H,4-9H2,1-3H3,(H,16,17)/t11?,12-/m0/s1. The van der Waals surface area contributed by atoms with Crippen LogP contribution < -0.4 is 10.6 Å². The van der Waals surface area contributed by atoms with Crippen LogP contribution in [0.25, 0.3) is 0 Å². The van der Waals surface area contributed by atoms with Crippen molar-refractivity contribution < 1.29 is 14.3 Å². The van der Waals surface area contributed by atoms with Crippen molar-refractivity contribution in [3.05, 3.63) is 0 Å².